The third-order valence-corrected chi connectivity index (χ3v) is 6.13. The minimum absolute atomic E-state index is 0.101. The summed E-state index contributed by atoms with van der Waals surface area (Å²) < 4.78 is 20.8. The van der Waals surface area contributed by atoms with E-state index in [9.17, 15) is 9.18 Å². The Kier molecular flexibility index (Phi) is 6.59. The van der Waals surface area contributed by atoms with E-state index in [0.29, 0.717) is 35.9 Å². The maximum atomic E-state index is 13.5. The standard InChI is InChI=1S/C28H27FN4O2/c1-21-9-14-27(35-21)25-20-26(33(30-25)24-12-10-23(29)11-13-24)28(34)32-18-16-31(17-19-32)15-5-8-22-6-3-2-4-7-22/h2-14,20H,15-19H2,1H3. The Bertz CT molecular complexity index is 1320. The first-order chi connectivity index (χ1) is 17.1. The third kappa shape index (κ3) is 5.25. The van der Waals surface area contributed by atoms with E-state index in [1.54, 1.807) is 22.9 Å². The van der Waals surface area contributed by atoms with Gasteiger partial charge in [0.2, 0.25) is 0 Å². The summed E-state index contributed by atoms with van der Waals surface area (Å²) in [6.45, 7) is 5.54. The minimum atomic E-state index is -0.340. The van der Waals surface area contributed by atoms with Crippen LogP contribution in [-0.2, 0) is 0 Å². The van der Waals surface area contributed by atoms with E-state index in [1.165, 1.54) is 17.7 Å². The van der Waals surface area contributed by atoms with Gasteiger partial charge in [0.15, 0.2) is 5.76 Å². The first-order valence-electron chi connectivity index (χ1n) is 11.7. The molecule has 0 aliphatic carbocycles. The van der Waals surface area contributed by atoms with Gasteiger partial charge in [0, 0.05) is 38.8 Å². The highest BCUT2D eigenvalue weighted by atomic mass is 19.1. The number of benzene rings is 2. The summed E-state index contributed by atoms with van der Waals surface area (Å²) in [7, 11) is 0. The summed E-state index contributed by atoms with van der Waals surface area (Å²) in [5.41, 5.74) is 2.79. The van der Waals surface area contributed by atoms with Gasteiger partial charge in [0.05, 0.1) is 5.69 Å². The first kappa shape index (κ1) is 22.8. The van der Waals surface area contributed by atoms with Crippen LogP contribution in [0.4, 0.5) is 4.39 Å². The van der Waals surface area contributed by atoms with Crippen LogP contribution in [0.2, 0.25) is 0 Å². The van der Waals surface area contributed by atoms with Gasteiger partial charge in [-0.1, -0.05) is 42.5 Å². The quantitative estimate of drug-likeness (QED) is 0.396. The molecule has 178 valence electrons. The molecule has 2 aromatic carbocycles. The van der Waals surface area contributed by atoms with Crippen molar-refractivity contribution in [3.05, 3.63) is 102 Å². The second-order valence-electron chi connectivity index (χ2n) is 8.62. The van der Waals surface area contributed by atoms with E-state index in [4.69, 9.17) is 4.42 Å². The third-order valence-electron chi connectivity index (χ3n) is 6.13. The summed E-state index contributed by atoms with van der Waals surface area (Å²) in [5, 5.41) is 4.63. The highest BCUT2D eigenvalue weighted by Crippen LogP contribution is 2.25. The topological polar surface area (TPSA) is 54.5 Å². The van der Waals surface area contributed by atoms with Gasteiger partial charge < -0.3 is 9.32 Å². The number of aryl methyl sites for hydroxylation is 1. The number of hydrogen-bond acceptors (Lipinski definition) is 4. The second-order valence-corrected chi connectivity index (χ2v) is 8.62. The van der Waals surface area contributed by atoms with Gasteiger partial charge in [0.25, 0.3) is 5.91 Å². The summed E-state index contributed by atoms with van der Waals surface area (Å²) in [6.07, 6.45) is 4.28. The normalized spacial score (nSPS) is 14.6. The number of rotatable bonds is 6. The molecule has 1 fully saturated rings. The number of nitrogens with zero attached hydrogens (tertiary/aromatic N) is 4. The van der Waals surface area contributed by atoms with Gasteiger partial charge in [-0.05, 0) is 48.9 Å². The lowest BCUT2D eigenvalue weighted by atomic mass is 10.2. The molecule has 1 aliphatic heterocycles. The average molecular weight is 471 g/mol. The number of piperazine rings is 1. The maximum Gasteiger partial charge on any atom is 0.272 e. The molecular weight excluding hydrogens is 443 g/mol. The van der Waals surface area contributed by atoms with Crippen LogP contribution in [0.5, 0.6) is 0 Å². The zero-order chi connectivity index (χ0) is 24.2. The van der Waals surface area contributed by atoms with Crippen molar-refractivity contribution in [3.8, 4) is 17.1 Å². The molecule has 6 nitrogen and oxygen atoms in total. The number of carbonyl (C=O) groups is 1. The molecule has 3 heterocycles. The van der Waals surface area contributed by atoms with E-state index >= 15 is 0 Å². The summed E-state index contributed by atoms with van der Waals surface area (Å²) in [4.78, 5) is 17.7. The lowest BCUT2D eigenvalue weighted by Gasteiger charge is -2.34. The summed E-state index contributed by atoms with van der Waals surface area (Å²) in [5.74, 6) is 0.915. The molecule has 1 saturated heterocycles. The molecular formula is C28H27FN4O2. The Balaban J connectivity index is 1.31. The average Bonchev–Trinajstić information content (AvgIpc) is 3.52. The predicted molar refractivity (Wildman–Crippen MR) is 134 cm³/mol. The van der Waals surface area contributed by atoms with Crippen molar-refractivity contribution < 1.29 is 13.6 Å². The minimum Gasteiger partial charge on any atom is -0.460 e. The molecule has 0 radical (unpaired) electrons. The Hall–Kier alpha value is -3.97. The SMILES string of the molecule is Cc1ccc(-c2cc(C(=O)N3CCN(CC=Cc4ccccc4)CC3)n(-c3ccc(F)cc3)n2)o1. The Morgan fingerprint density at radius 2 is 1.74 bits per heavy atom. The van der Waals surface area contributed by atoms with E-state index in [2.05, 4.69) is 34.3 Å². The fourth-order valence-electron chi connectivity index (χ4n) is 4.20. The van der Waals surface area contributed by atoms with Crippen molar-refractivity contribution in [1.82, 2.24) is 19.6 Å². The van der Waals surface area contributed by atoms with E-state index in [-0.39, 0.29) is 11.7 Å². The molecule has 0 atom stereocenters. The van der Waals surface area contributed by atoms with Crippen molar-refractivity contribution in [2.24, 2.45) is 0 Å². The molecule has 7 heteroatoms. The van der Waals surface area contributed by atoms with Crippen LogP contribution in [0.15, 0.2) is 83.3 Å². The Morgan fingerprint density at radius 1 is 1.00 bits per heavy atom. The highest BCUT2D eigenvalue weighted by molar-refractivity contribution is 5.94. The van der Waals surface area contributed by atoms with Crippen molar-refractivity contribution in [3.63, 3.8) is 0 Å². The van der Waals surface area contributed by atoms with Gasteiger partial charge in [-0.3, -0.25) is 9.69 Å². The van der Waals surface area contributed by atoms with Crippen LogP contribution in [-0.4, -0.2) is 58.2 Å². The number of amides is 1. The van der Waals surface area contributed by atoms with Crippen LogP contribution in [0.3, 0.4) is 0 Å². The van der Waals surface area contributed by atoms with Gasteiger partial charge in [0.1, 0.15) is 23.0 Å². The first-order valence-corrected chi connectivity index (χ1v) is 11.7. The molecule has 2 aromatic heterocycles. The fraction of sp³-hybridized carbons (Fsp3) is 0.214. The van der Waals surface area contributed by atoms with Crippen molar-refractivity contribution in [2.75, 3.05) is 32.7 Å². The van der Waals surface area contributed by atoms with Crippen LogP contribution >= 0.6 is 0 Å². The van der Waals surface area contributed by atoms with Crippen LogP contribution < -0.4 is 0 Å². The maximum absolute atomic E-state index is 13.5. The van der Waals surface area contributed by atoms with Gasteiger partial charge in [-0.25, -0.2) is 9.07 Å². The molecule has 1 aliphatic rings. The van der Waals surface area contributed by atoms with E-state index < -0.39 is 0 Å². The smallest absolute Gasteiger partial charge is 0.272 e. The molecule has 0 unspecified atom stereocenters. The molecule has 4 aromatic rings. The largest absolute Gasteiger partial charge is 0.460 e. The van der Waals surface area contributed by atoms with E-state index in [0.717, 1.165) is 25.4 Å². The monoisotopic (exact) mass is 470 g/mol. The summed E-state index contributed by atoms with van der Waals surface area (Å²) in [6, 6.07) is 21.6. The number of carbonyl (C=O) groups excluding carboxylic acids is 1. The van der Waals surface area contributed by atoms with Crippen molar-refractivity contribution in [1.29, 1.82) is 0 Å². The zero-order valence-electron chi connectivity index (χ0n) is 19.6. The molecule has 0 spiro atoms. The van der Waals surface area contributed by atoms with Gasteiger partial charge in [-0.15, -0.1) is 0 Å². The number of aromatic nitrogens is 2. The molecule has 0 saturated carbocycles. The Morgan fingerprint density at radius 3 is 2.43 bits per heavy atom. The molecule has 5 rings (SSSR count). The van der Waals surface area contributed by atoms with Crippen molar-refractivity contribution >= 4 is 12.0 Å². The molecule has 0 N–H and O–H groups in total. The lowest BCUT2D eigenvalue weighted by Crippen LogP contribution is -2.49. The summed E-state index contributed by atoms with van der Waals surface area (Å²) >= 11 is 0. The molecule has 35 heavy (non-hydrogen) atoms. The number of furan rings is 1. The molecule has 1 amide bonds. The molecule has 0 bridgehead atoms. The second kappa shape index (κ2) is 10.1. The number of halogens is 1. The fourth-order valence-corrected chi connectivity index (χ4v) is 4.20. The number of hydrogen-bond donors (Lipinski definition) is 0. The highest BCUT2D eigenvalue weighted by Gasteiger charge is 2.26. The van der Waals surface area contributed by atoms with Gasteiger partial charge >= 0.3 is 0 Å². The van der Waals surface area contributed by atoms with Crippen molar-refractivity contribution in [2.45, 2.75) is 6.92 Å². The van der Waals surface area contributed by atoms with Gasteiger partial charge in [-0.2, -0.15) is 5.10 Å². The van der Waals surface area contributed by atoms with Crippen LogP contribution in [0.25, 0.3) is 23.2 Å². The zero-order valence-corrected chi connectivity index (χ0v) is 19.6. The lowest BCUT2D eigenvalue weighted by molar-refractivity contribution is 0.0641. The predicted octanol–water partition coefficient (Wildman–Crippen LogP) is 5.05. The van der Waals surface area contributed by atoms with E-state index in [1.807, 2.05) is 42.2 Å². The Labute approximate surface area is 203 Å². The van der Waals surface area contributed by atoms with Crippen LogP contribution in [0.1, 0.15) is 21.8 Å². The van der Waals surface area contributed by atoms with Crippen LogP contribution in [0, 0.1) is 12.7 Å².